The lowest BCUT2D eigenvalue weighted by Crippen LogP contribution is -2.41. The Morgan fingerprint density at radius 2 is 1.83 bits per heavy atom. The lowest BCUT2D eigenvalue weighted by molar-refractivity contribution is 0.0674. The molecule has 0 aromatic heterocycles. The second kappa shape index (κ2) is 8.30. The average Bonchev–Trinajstić information content (AvgIpc) is 3.07. The highest BCUT2D eigenvalue weighted by atomic mass is 16.3. The first-order valence-corrected chi connectivity index (χ1v) is 9.75. The molecule has 1 saturated heterocycles. The molecule has 1 aliphatic carbocycles. The van der Waals surface area contributed by atoms with E-state index in [0.29, 0.717) is 6.04 Å². The molecule has 3 rings (SSSR count). The second-order valence-electron chi connectivity index (χ2n) is 7.63. The van der Waals surface area contributed by atoms with Gasteiger partial charge < -0.3 is 5.11 Å². The van der Waals surface area contributed by atoms with Crippen molar-refractivity contribution in [2.24, 2.45) is 11.8 Å². The van der Waals surface area contributed by atoms with Crippen LogP contribution in [0.5, 0.6) is 0 Å². The summed E-state index contributed by atoms with van der Waals surface area (Å²) in [7, 11) is 0. The Morgan fingerprint density at radius 3 is 2.48 bits per heavy atom. The zero-order valence-corrected chi connectivity index (χ0v) is 14.7. The molecule has 23 heavy (non-hydrogen) atoms. The molecule has 1 aliphatic heterocycles. The zero-order chi connectivity index (χ0) is 16.1. The van der Waals surface area contributed by atoms with E-state index in [1.807, 2.05) is 0 Å². The van der Waals surface area contributed by atoms with Crippen LogP contribution < -0.4 is 0 Å². The minimum atomic E-state index is 0.192. The molecular weight excluding hydrogens is 282 g/mol. The van der Waals surface area contributed by atoms with Crippen molar-refractivity contribution in [3.8, 4) is 0 Å². The van der Waals surface area contributed by atoms with Crippen molar-refractivity contribution in [3.63, 3.8) is 0 Å². The number of aliphatic hydroxyl groups is 1. The lowest BCUT2D eigenvalue weighted by atomic mass is 9.76. The van der Waals surface area contributed by atoms with Gasteiger partial charge in [0.15, 0.2) is 0 Å². The van der Waals surface area contributed by atoms with E-state index >= 15 is 0 Å². The third kappa shape index (κ3) is 3.97. The summed E-state index contributed by atoms with van der Waals surface area (Å²) < 4.78 is 0. The highest BCUT2D eigenvalue weighted by Gasteiger charge is 2.37. The molecule has 1 saturated carbocycles. The van der Waals surface area contributed by atoms with Gasteiger partial charge in [-0.05, 0) is 49.6 Å². The molecular formula is C21H33NO. The first-order valence-electron chi connectivity index (χ1n) is 9.75. The summed E-state index contributed by atoms with van der Waals surface area (Å²) >= 11 is 0. The van der Waals surface area contributed by atoms with E-state index in [4.69, 9.17) is 0 Å². The molecule has 0 unspecified atom stereocenters. The predicted molar refractivity (Wildman–Crippen MR) is 96.4 cm³/mol. The Kier molecular flexibility index (Phi) is 6.13. The van der Waals surface area contributed by atoms with Crippen LogP contribution in [0.15, 0.2) is 30.3 Å². The SMILES string of the molecule is CCCC1CCC([C@H]2CCCN2[C@H](CO)c2ccccc2)CC1. The van der Waals surface area contributed by atoms with Crippen molar-refractivity contribution in [2.45, 2.75) is 70.4 Å². The van der Waals surface area contributed by atoms with Crippen LogP contribution in [-0.2, 0) is 0 Å². The number of rotatable bonds is 6. The third-order valence-electron chi connectivity index (χ3n) is 6.23. The Hall–Kier alpha value is -0.860. The number of likely N-dealkylation sites (tertiary alicyclic amines) is 1. The standard InChI is InChI=1S/C21H33NO/c1-2-7-17-11-13-19(14-12-17)20-10-6-15-22(20)21(16-23)18-8-4-3-5-9-18/h3-5,8-9,17,19-21,23H,2,6-7,10-16H2,1H3/t17?,19?,20-,21-/m1/s1. The fourth-order valence-electron chi connectivity index (χ4n) is 5.05. The van der Waals surface area contributed by atoms with E-state index in [1.165, 1.54) is 56.9 Å². The largest absolute Gasteiger partial charge is 0.394 e. The van der Waals surface area contributed by atoms with Crippen LogP contribution in [0.2, 0.25) is 0 Å². The first kappa shape index (κ1) is 17.0. The molecule has 128 valence electrons. The molecule has 2 aliphatic rings. The summed E-state index contributed by atoms with van der Waals surface area (Å²) in [6.07, 6.45) is 11.0. The molecule has 2 atom stereocenters. The molecule has 1 aromatic carbocycles. The van der Waals surface area contributed by atoms with Gasteiger partial charge in [0.05, 0.1) is 12.6 Å². The van der Waals surface area contributed by atoms with Crippen LogP contribution in [0.1, 0.15) is 69.9 Å². The van der Waals surface area contributed by atoms with Crippen molar-refractivity contribution >= 4 is 0 Å². The normalized spacial score (nSPS) is 30.4. The van der Waals surface area contributed by atoms with E-state index in [9.17, 15) is 5.11 Å². The van der Waals surface area contributed by atoms with E-state index in [1.54, 1.807) is 0 Å². The van der Waals surface area contributed by atoms with E-state index in [0.717, 1.165) is 18.4 Å². The number of nitrogens with zero attached hydrogens (tertiary/aromatic N) is 1. The molecule has 0 spiro atoms. The fourth-order valence-corrected chi connectivity index (χ4v) is 5.05. The number of aliphatic hydroxyl groups excluding tert-OH is 1. The molecule has 2 heteroatoms. The summed E-state index contributed by atoms with van der Waals surface area (Å²) in [5.74, 6) is 1.83. The maximum absolute atomic E-state index is 10.0. The summed E-state index contributed by atoms with van der Waals surface area (Å²) in [5.41, 5.74) is 1.28. The van der Waals surface area contributed by atoms with Gasteiger partial charge in [0, 0.05) is 6.04 Å². The maximum atomic E-state index is 10.0. The van der Waals surface area contributed by atoms with E-state index < -0.39 is 0 Å². The van der Waals surface area contributed by atoms with Gasteiger partial charge in [-0.3, -0.25) is 4.90 Å². The van der Waals surface area contributed by atoms with Crippen molar-refractivity contribution in [2.75, 3.05) is 13.2 Å². The monoisotopic (exact) mass is 315 g/mol. The van der Waals surface area contributed by atoms with Crippen LogP contribution in [0.4, 0.5) is 0 Å². The number of hydrogen-bond acceptors (Lipinski definition) is 2. The Labute approximate surface area is 141 Å². The molecule has 0 bridgehead atoms. The highest BCUT2D eigenvalue weighted by Crippen LogP contribution is 2.40. The topological polar surface area (TPSA) is 23.5 Å². The maximum Gasteiger partial charge on any atom is 0.0628 e. The van der Waals surface area contributed by atoms with Crippen molar-refractivity contribution in [1.82, 2.24) is 4.90 Å². The van der Waals surface area contributed by atoms with Crippen LogP contribution >= 0.6 is 0 Å². The molecule has 2 nitrogen and oxygen atoms in total. The van der Waals surface area contributed by atoms with Gasteiger partial charge in [-0.1, -0.05) is 62.9 Å². The lowest BCUT2D eigenvalue weighted by Gasteiger charge is -2.40. The van der Waals surface area contributed by atoms with E-state index in [-0.39, 0.29) is 12.6 Å². The molecule has 1 heterocycles. The van der Waals surface area contributed by atoms with Crippen molar-refractivity contribution in [1.29, 1.82) is 0 Å². The van der Waals surface area contributed by atoms with Gasteiger partial charge >= 0.3 is 0 Å². The smallest absolute Gasteiger partial charge is 0.0628 e. The van der Waals surface area contributed by atoms with Crippen LogP contribution in [0.3, 0.4) is 0 Å². The highest BCUT2D eigenvalue weighted by molar-refractivity contribution is 5.20. The van der Waals surface area contributed by atoms with Crippen LogP contribution in [0.25, 0.3) is 0 Å². The third-order valence-corrected chi connectivity index (χ3v) is 6.23. The molecule has 1 N–H and O–H groups in total. The van der Waals surface area contributed by atoms with Crippen LogP contribution in [0, 0.1) is 11.8 Å². The quantitative estimate of drug-likeness (QED) is 0.816. The van der Waals surface area contributed by atoms with Gasteiger partial charge in [-0.25, -0.2) is 0 Å². The predicted octanol–water partition coefficient (Wildman–Crippen LogP) is 4.79. The summed E-state index contributed by atoms with van der Waals surface area (Å²) in [6, 6.07) is 11.5. The van der Waals surface area contributed by atoms with Gasteiger partial charge in [0.25, 0.3) is 0 Å². The number of hydrogen-bond donors (Lipinski definition) is 1. The molecule has 2 fully saturated rings. The van der Waals surface area contributed by atoms with Crippen molar-refractivity contribution < 1.29 is 5.11 Å². The number of benzene rings is 1. The second-order valence-corrected chi connectivity index (χ2v) is 7.63. The van der Waals surface area contributed by atoms with Crippen LogP contribution in [-0.4, -0.2) is 29.2 Å². The molecule has 0 radical (unpaired) electrons. The average molecular weight is 316 g/mol. The Balaban J connectivity index is 1.65. The minimum Gasteiger partial charge on any atom is -0.394 e. The summed E-state index contributed by atoms with van der Waals surface area (Å²) in [6.45, 7) is 3.71. The molecule has 1 aromatic rings. The van der Waals surface area contributed by atoms with E-state index in [2.05, 4.69) is 42.2 Å². The van der Waals surface area contributed by atoms with Gasteiger partial charge in [-0.15, -0.1) is 0 Å². The zero-order valence-electron chi connectivity index (χ0n) is 14.7. The van der Waals surface area contributed by atoms with Crippen molar-refractivity contribution in [3.05, 3.63) is 35.9 Å². The first-order chi connectivity index (χ1) is 11.3. The van der Waals surface area contributed by atoms with Gasteiger partial charge in [0.1, 0.15) is 0 Å². The minimum absolute atomic E-state index is 0.192. The fraction of sp³-hybridized carbons (Fsp3) is 0.714. The van der Waals surface area contributed by atoms with Gasteiger partial charge in [-0.2, -0.15) is 0 Å². The van der Waals surface area contributed by atoms with Gasteiger partial charge in [0.2, 0.25) is 0 Å². The molecule has 0 amide bonds. The summed E-state index contributed by atoms with van der Waals surface area (Å²) in [5, 5.41) is 10.0. The summed E-state index contributed by atoms with van der Waals surface area (Å²) in [4.78, 5) is 2.63. The Bertz CT molecular complexity index is 452. The Morgan fingerprint density at radius 1 is 1.09 bits per heavy atom.